The number of benzene rings is 1. The third-order valence-electron chi connectivity index (χ3n) is 2.46. The van der Waals surface area contributed by atoms with E-state index in [1.54, 1.807) is 23.5 Å². The Kier molecular flexibility index (Phi) is 3.84. The highest BCUT2D eigenvalue weighted by atomic mass is 32.1. The molecule has 0 unspecified atom stereocenters. The molecule has 0 aliphatic rings. The average molecular weight is 263 g/mol. The number of nitrogens with two attached hydrogens (primary N) is 1. The fraction of sp³-hybridized carbons (Fsp3) is 0.154. The molecular formula is C13H13NO3S. The predicted molar refractivity (Wildman–Crippen MR) is 71.3 cm³/mol. The molecule has 1 aromatic carbocycles. The Morgan fingerprint density at radius 3 is 2.89 bits per heavy atom. The van der Waals surface area contributed by atoms with Crippen LogP contribution in [0.2, 0.25) is 0 Å². The van der Waals surface area contributed by atoms with E-state index in [1.165, 1.54) is 11.6 Å². The lowest BCUT2D eigenvalue weighted by Gasteiger charge is -2.09. The lowest BCUT2D eigenvalue weighted by molar-refractivity contribution is 0.0692. The van der Waals surface area contributed by atoms with Crippen LogP contribution in [-0.4, -0.2) is 17.7 Å². The van der Waals surface area contributed by atoms with Crippen molar-refractivity contribution in [3.8, 4) is 5.75 Å². The monoisotopic (exact) mass is 263 g/mol. The van der Waals surface area contributed by atoms with Crippen LogP contribution in [0.5, 0.6) is 5.75 Å². The zero-order chi connectivity index (χ0) is 13.0. The minimum absolute atomic E-state index is 0.0975. The number of hydrogen-bond acceptors (Lipinski definition) is 4. The molecule has 0 atom stereocenters. The van der Waals surface area contributed by atoms with E-state index in [4.69, 9.17) is 15.6 Å². The minimum atomic E-state index is -1.03. The number of aromatic carboxylic acids is 1. The number of rotatable bonds is 5. The zero-order valence-electron chi connectivity index (χ0n) is 9.63. The van der Waals surface area contributed by atoms with Gasteiger partial charge in [-0.25, -0.2) is 4.79 Å². The zero-order valence-corrected chi connectivity index (χ0v) is 10.4. The van der Waals surface area contributed by atoms with E-state index in [0.29, 0.717) is 18.0 Å². The van der Waals surface area contributed by atoms with Gasteiger partial charge in [0.2, 0.25) is 0 Å². The standard InChI is InChI=1S/C13H13NO3S/c14-10-1-2-12(11(7-10)13(15)16)17-5-3-9-4-6-18-8-9/h1-2,4,6-8H,3,5,14H2,(H,15,16). The summed E-state index contributed by atoms with van der Waals surface area (Å²) in [5, 5.41) is 13.1. The Labute approximate surface area is 109 Å². The first kappa shape index (κ1) is 12.4. The molecule has 0 saturated carbocycles. The number of ether oxygens (including phenoxy) is 1. The highest BCUT2D eigenvalue weighted by Gasteiger charge is 2.11. The van der Waals surface area contributed by atoms with Crippen LogP contribution in [0, 0.1) is 0 Å². The molecule has 1 heterocycles. The summed E-state index contributed by atoms with van der Waals surface area (Å²) in [6.07, 6.45) is 0.757. The highest BCUT2D eigenvalue weighted by molar-refractivity contribution is 7.07. The summed E-state index contributed by atoms with van der Waals surface area (Å²) in [5.74, 6) is -0.681. The molecule has 1 aromatic heterocycles. The number of carboxylic acids is 1. The first-order valence-corrected chi connectivity index (χ1v) is 6.38. The van der Waals surface area contributed by atoms with Crippen LogP contribution in [0.1, 0.15) is 15.9 Å². The Balaban J connectivity index is 2.02. The second-order valence-corrected chi connectivity index (χ2v) is 4.57. The molecule has 0 radical (unpaired) electrons. The minimum Gasteiger partial charge on any atom is -0.492 e. The Bertz CT molecular complexity index is 537. The molecule has 3 N–H and O–H groups in total. The molecule has 0 spiro atoms. The van der Waals surface area contributed by atoms with Crippen molar-refractivity contribution in [1.29, 1.82) is 0 Å². The molecule has 0 bridgehead atoms. The summed E-state index contributed by atoms with van der Waals surface area (Å²) in [6.45, 7) is 0.445. The van der Waals surface area contributed by atoms with E-state index in [0.717, 1.165) is 6.42 Å². The summed E-state index contributed by atoms with van der Waals surface area (Å²) in [5.41, 5.74) is 7.25. The maximum Gasteiger partial charge on any atom is 0.339 e. The molecule has 0 saturated heterocycles. The molecule has 0 aliphatic carbocycles. The summed E-state index contributed by atoms with van der Waals surface area (Å²) in [7, 11) is 0. The van der Waals surface area contributed by atoms with Crippen LogP contribution in [-0.2, 0) is 6.42 Å². The van der Waals surface area contributed by atoms with Crippen molar-refractivity contribution in [3.05, 3.63) is 46.2 Å². The van der Waals surface area contributed by atoms with Crippen molar-refractivity contribution in [1.82, 2.24) is 0 Å². The Hall–Kier alpha value is -2.01. The normalized spacial score (nSPS) is 10.2. The Morgan fingerprint density at radius 2 is 2.22 bits per heavy atom. The predicted octanol–water partition coefficient (Wildman–Crippen LogP) is 2.65. The third kappa shape index (κ3) is 3.01. The van der Waals surface area contributed by atoms with Gasteiger partial charge >= 0.3 is 5.97 Å². The van der Waals surface area contributed by atoms with E-state index in [1.807, 2.05) is 16.8 Å². The van der Waals surface area contributed by atoms with Crippen LogP contribution in [0.15, 0.2) is 35.0 Å². The van der Waals surface area contributed by atoms with E-state index >= 15 is 0 Å². The van der Waals surface area contributed by atoms with Crippen molar-refractivity contribution < 1.29 is 14.6 Å². The molecule has 0 aliphatic heterocycles. The number of thiophene rings is 1. The van der Waals surface area contributed by atoms with Gasteiger partial charge in [0.1, 0.15) is 11.3 Å². The van der Waals surface area contributed by atoms with Crippen LogP contribution < -0.4 is 10.5 Å². The van der Waals surface area contributed by atoms with E-state index in [-0.39, 0.29) is 5.56 Å². The van der Waals surface area contributed by atoms with Crippen LogP contribution in [0.25, 0.3) is 0 Å². The molecule has 2 rings (SSSR count). The van der Waals surface area contributed by atoms with Gasteiger partial charge in [0, 0.05) is 12.1 Å². The molecule has 4 nitrogen and oxygen atoms in total. The van der Waals surface area contributed by atoms with Crippen LogP contribution in [0.4, 0.5) is 5.69 Å². The van der Waals surface area contributed by atoms with Gasteiger partial charge < -0.3 is 15.6 Å². The maximum absolute atomic E-state index is 11.0. The van der Waals surface area contributed by atoms with Gasteiger partial charge in [0.05, 0.1) is 6.61 Å². The van der Waals surface area contributed by atoms with Gasteiger partial charge in [-0.1, -0.05) is 0 Å². The summed E-state index contributed by atoms with van der Waals surface area (Å²) in [4.78, 5) is 11.0. The third-order valence-corrected chi connectivity index (χ3v) is 3.19. The number of anilines is 1. The van der Waals surface area contributed by atoms with Gasteiger partial charge in [0.15, 0.2) is 0 Å². The molecular weight excluding hydrogens is 250 g/mol. The second-order valence-electron chi connectivity index (χ2n) is 3.79. The lowest BCUT2D eigenvalue weighted by atomic mass is 10.2. The lowest BCUT2D eigenvalue weighted by Crippen LogP contribution is -2.06. The van der Waals surface area contributed by atoms with Gasteiger partial charge in [-0.2, -0.15) is 11.3 Å². The molecule has 94 valence electrons. The van der Waals surface area contributed by atoms with Gasteiger partial charge in [-0.3, -0.25) is 0 Å². The van der Waals surface area contributed by atoms with Crippen molar-refractivity contribution in [3.63, 3.8) is 0 Å². The van der Waals surface area contributed by atoms with Crippen LogP contribution >= 0.6 is 11.3 Å². The number of carbonyl (C=O) groups is 1. The summed E-state index contributed by atoms with van der Waals surface area (Å²) < 4.78 is 5.50. The smallest absolute Gasteiger partial charge is 0.339 e. The Morgan fingerprint density at radius 1 is 1.39 bits per heavy atom. The SMILES string of the molecule is Nc1ccc(OCCc2ccsc2)c(C(=O)O)c1. The van der Waals surface area contributed by atoms with Gasteiger partial charge in [0.25, 0.3) is 0 Å². The van der Waals surface area contributed by atoms with E-state index in [2.05, 4.69) is 0 Å². The maximum atomic E-state index is 11.0. The molecule has 2 aromatic rings. The molecule has 5 heteroatoms. The molecule has 18 heavy (non-hydrogen) atoms. The van der Waals surface area contributed by atoms with Crippen molar-refractivity contribution in [2.45, 2.75) is 6.42 Å². The summed E-state index contributed by atoms with van der Waals surface area (Å²) in [6, 6.07) is 6.65. The summed E-state index contributed by atoms with van der Waals surface area (Å²) >= 11 is 1.63. The van der Waals surface area contributed by atoms with Crippen molar-refractivity contribution in [2.24, 2.45) is 0 Å². The fourth-order valence-electron chi connectivity index (χ4n) is 1.55. The first-order chi connectivity index (χ1) is 8.66. The number of hydrogen-bond donors (Lipinski definition) is 2. The van der Waals surface area contributed by atoms with E-state index in [9.17, 15) is 4.79 Å². The number of nitrogen functional groups attached to an aromatic ring is 1. The van der Waals surface area contributed by atoms with Gasteiger partial charge in [-0.05, 0) is 40.6 Å². The quantitative estimate of drug-likeness (QED) is 0.813. The second kappa shape index (κ2) is 5.55. The highest BCUT2D eigenvalue weighted by Crippen LogP contribution is 2.21. The molecule has 0 fully saturated rings. The topological polar surface area (TPSA) is 72.5 Å². The van der Waals surface area contributed by atoms with E-state index < -0.39 is 5.97 Å². The average Bonchev–Trinajstić information content (AvgIpc) is 2.84. The number of carboxylic acid groups (broad SMARTS) is 1. The van der Waals surface area contributed by atoms with Crippen LogP contribution in [0.3, 0.4) is 0 Å². The van der Waals surface area contributed by atoms with Gasteiger partial charge in [-0.15, -0.1) is 0 Å². The molecule has 0 amide bonds. The van der Waals surface area contributed by atoms with Crippen molar-refractivity contribution >= 4 is 23.0 Å². The largest absolute Gasteiger partial charge is 0.492 e. The van der Waals surface area contributed by atoms with Crippen molar-refractivity contribution in [2.75, 3.05) is 12.3 Å². The first-order valence-electron chi connectivity index (χ1n) is 5.43. The fourth-order valence-corrected chi connectivity index (χ4v) is 2.26.